The van der Waals surface area contributed by atoms with Crippen molar-refractivity contribution in [1.82, 2.24) is 9.88 Å². The number of likely N-dealkylation sites (tertiary alicyclic amines) is 1. The van der Waals surface area contributed by atoms with Crippen LogP contribution in [0.1, 0.15) is 51.6 Å². The largest absolute Gasteiger partial charge is 0.475 e. The Morgan fingerprint density at radius 1 is 1.39 bits per heavy atom. The van der Waals surface area contributed by atoms with Crippen LogP contribution in [0.5, 0.6) is 5.88 Å². The topological polar surface area (TPSA) is 25.4 Å². The predicted octanol–water partition coefficient (Wildman–Crippen LogP) is 3.42. The molecule has 100 valence electrons. The van der Waals surface area contributed by atoms with Crippen molar-refractivity contribution in [2.24, 2.45) is 0 Å². The van der Waals surface area contributed by atoms with Gasteiger partial charge in [0.05, 0.1) is 6.10 Å². The SMILES string of the molecule is CCN1CCCCC1c1ccc(OC(C)C)nc1. The van der Waals surface area contributed by atoms with Crippen LogP contribution >= 0.6 is 0 Å². The summed E-state index contributed by atoms with van der Waals surface area (Å²) in [5.41, 5.74) is 1.33. The minimum Gasteiger partial charge on any atom is -0.475 e. The second-order valence-corrected chi connectivity index (χ2v) is 5.24. The summed E-state index contributed by atoms with van der Waals surface area (Å²) in [7, 11) is 0. The van der Waals surface area contributed by atoms with Gasteiger partial charge in [-0.3, -0.25) is 4.90 Å². The lowest BCUT2D eigenvalue weighted by molar-refractivity contribution is 0.156. The van der Waals surface area contributed by atoms with Crippen molar-refractivity contribution in [3.05, 3.63) is 23.9 Å². The van der Waals surface area contributed by atoms with Gasteiger partial charge in [-0.2, -0.15) is 0 Å². The molecule has 0 aliphatic carbocycles. The molecule has 3 nitrogen and oxygen atoms in total. The molecule has 0 bridgehead atoms. The van der Waals surface area contributed by atoms with Gasteiger partial charge in [0, 0.05) is 18.3 Å². The van der Waals surface area contributed by atoms with E-state index in [1.54, 1.807) is 0 Å². The summed E-state index contributed by atoms with van der Waals surface area (Å²) in [5, 5.41) is 0. The molecule has 2 rings (SSSR count). The first-order chi connectivity index (χ1) is 8.70. The van der Waals surface area contributed by atoms with Crippen LogP contribution in [0, 0.1) is 0 Å². The van der Waals surface area contributed by atoms with Gasteiger partial charge < -0.3 is 4.74 Å². The van der Waals surface area contributed by atoms with Crippen molar-refractivity contribution in [2.45, 2.75) is 52.2 Å². The quantitative estimate of drug-likeness (QED) is 0.816. The zero-order chi connectivity index (χ0) is 13.0. The van der Waals surface area contributed by atoms with Gasteiger partial charge in [0.25, 0.3) is 0 Å². The van der Waals surface area contributed by atoms with Crippen LogP contribution in [0.25, 0.3) is 0 Å². The fraction of sp³-hybridized carbons (Fsp3) is 0.667. The summed E-state index contributed by atoms with van der Waals surface area (Å²) >= 11 is 0. The molecule has 0 N–H and O–H groups in total. The lowest BCUT2D eigenvalue weighted by Crippen LogP contribution is -2.33. The van der Waals surface area contributed by atoms with E-state index in [0.29, 0.717) is 6.04 Å². The molecule has 18 heavy (non-hydrogen) atoms. The fourth-order valence-electron chi connectivity index (χ4n) is 2.65. The molecule has 0 amide bonds. The molecule has 0 aromatic carbocycles. The number of hydrogen-bond donors (Lipinski definition) is 0. The lowest BCUT2D eigenvalue weighted by Gasteiger charge is -2.35. The lowest BCUT2D eigenvalue weighted by atomic mass is 9.96. The Balaban J connectivity index is 2.07. The molecule has 1 aliphatic heterocycles. The molecule has 1 aromatic rings. The summed E-state index contributed by atoms with van der Waals surface area (Å²) in [4.78, 5) is 6.96. The maximum Gasteiger partial charge on any atom is 0.213 e. The summed E-state index contributed by atoms with van der Waals surface area (Å²) in [6.07, 6.45) is 6.07. The molecule has 2 heterocycles. The first-order valence-electron chi connectivity index (χ1n) is 7.07. The zero-order valence-corrected chi connectivity index (χ0v) is 11.7. The molecular weight excluding hydrogens is 224 g/mol. The third-order valence-electron chi connectivity index (χ3n) is 3.52. The van der Waals surface area contributed by atoms with Gasteiger partial charge in [-0.25, -0.2) is 4.98 Å². The number of aromatic nitrogens is 1. The molecule has 0 saturated carbocycles. The zero-order valence-electron chi connectivity index (χ0n) is 11.7. The smallest absolute Gasteiger partial charge is 0.213 e. The third-order valence-corrected chi connectivity index (χ3v) is 3.52. The highest BCUT2D eigenvalue weighted by Crippen LogP contribution is 2.30. The van der Waals surface area contributed by atoms with Gasteiger partial charge in [0.2, 0.25) is 5.88 Å². The summed E-state index contributed by atoms with van der Waals surface area (Å²) in [6.45, 7) is 8.62. The Hall–Kier alpha value is -1.09. The molecular formula is C15H24N2O. The monoisotopic (exact) mass is 248 g/mol. The Morgan fingerprint density at radius 3 is 2.83 bits per heavy atom. The summed E-state index contributed by atoms with van der Waals surface area (Å²) in [5.74, 6) is 0.729. The minimum atomic E-state index is 0.185. The second kappa shape index (κ2) is 6.19. The van der Waals surface area contributed by atoms with E-state index in [2.05, 4.69) is 22.9 Å². The Kier molecular flexibility index (Phi) is 4.59. The van der Waals surface area contributed by atoms with Crippen molar-refractivity contribution in [2.75, 3.05) is 13.1 Å². The maximum absolute atomic E-state index is 5.58. The predicted molar refractivity (Wildman–Crippen MR) is 73.8 cm³/mol. The fourth-order valence-corrected chi connectivity index (χ4v) is 2.65. The molecule has 1 aromatic heterocycles. The van der Waals surface area contributed by atoms with Crippen molar-refractivity contribution in [1.29, 1.82) is 0 Å². The number of ether oxygens (including phenoxy) is 1. The molecule has 0 spiro atoms. The molecule has 1 fully saturated rings. The minimum absolute atomic E-state index is 0.185. The molecule has 3 heteroatoms. The first-order valence-corrected chi connectivity index (χ1v) is 7.07. The van der Waals surface area contributed by atoms with Crippen LogP contribution in [-0.4, -0.2) is 29.1 Å². The molecule has 1 aliphatic rings. The number of hydrogen-bond acceptors (Lipinski definition) is 3. The van der Waals surface area contributed by atoms with E-state index < -0.39 is 0 Å². The highest BCUT2D eigenvalue weighted by Gasteiger charge is 2.22. The number of piperidine rings is 1. The maximum atomic E-state index is 5.58. The van der Waals surface area contributed by atoms with E-state index >= 15 is 0 Å². The van der Waals surface area contributed by atoms with E-state index in [0.717, 1.165) is 12.4 Å². The van der Waals surface area contributed by atoms with Crippen LogP contribution in [0.15, 0.2) is 18.3 Å². The second-order valence-electron chi connectivity index (χ2n) is 5.24. The van der Waals surface area contributed by atoms with Gasteiger partial charge in [0.15, 0.2) is 0 Å². The highest BCUT2D eigenvalue weighted by atomic mass is 16.5. The molecule has 1 unspecified atom stereocenters. The highest BCUT2D eigenvalue weighted by molar-refractivity contribution is 5.21. The van der Waals surface area contributed by atoms with Gasteiger partial charge in [-0.15, -0.1) is 0 Å². The van der Waals surface area contributed by atoms with Crippen LogP contribution in [0.2, 0.25) is 0 Å². The average molecular weight is 248 g/mol. The van der Waals surface area contributed by atoms with Crippen molar-refractivity contribution < 1.29 is 4.74 Å². The Bertz CT molecular complexity index is 361. The normalized spacial score (nSPS) is 21.2. The van der Waals surface area contributed by atoms with Gasteiger partial charge >= 0.3 is 0 Å². The first kappa shape index (κ1) is 13.3. The standard InChI is InChI=1S/C15H24N2O/c1-4-17-10-6-5-7-14(17)13-8-9-15(16-11-13)18-12(2)3/h8-9,11-12,14H,4-7,10H2,1-3H3. The Morgan fingerprint density at radius 2 is 2.22 bits per heavy atom. The summed E-state index contributed by atoms with van der Waals surface area (Å²) in [6, 6.07) is 4.71. The van der Waals surface area contributed by atoms with E-state index in [9.17, 15) is 0 Å². The van der Waals surface area contributed by atoms with Crippen LogP contribution in [-0.2, 0) is 0 Å². The average Bonchev–Trinajstić information content (AvgIpc) is 2.39. The number of nitrogens with zero attached hydrogens (tertiary/aromatic N) is 2. The van der Waals surface area contributed by atoms with E-state index in [1.165, 1.54) is 31.4 Å². The van der Waals surface area contributed by atoms with Crippen LogP contribution in [0.3, 0.4) is 0 Å². The summed E-state index contributed by atoms with van der Waals surface area (Å²) < 4.78 is 5.58. The van der Waals surface area contributed by atoms with Crippen molar-refractivity contribution in [3.63, 3.8) is 0 Å². The van der Waals surface area contributed by atoms with Crippen LogP contribution < -0.4 is 4.74 Å². The number of pyridine rings is 1. The van der Waals surface area contributed by atoms with Crippen molar-refractivity contribution in [3.8, 4) is 5.88 Å². The van der Waals surface area contributed by atoms with E-state index in [4.69, 9.17) is 4.74 Å². The molecule has 0 radical (unpaired) electrons. The van der Waals surface area contributed by atoms with Crippen LogP contribution in [0.4, 0.5) is 0 Å². The number of rotatable bonds is 4. The Labute approximate surface area is 110 Å². The van der Waals surface area contributed by atoms with Gasteiger partial charge in [-0.1, -0.05) is 19.4 Å². The third kappa shape index (κ3) is 3.22. The molecule has 1 saturated heterocycles. The van der Waals surface area contributed by atoms with Crippen molar-refractivity contribution >= 4 is 0 Å². The van der Waals surface area contributed by atoms with E-state index in [1.807, 2.05) is 26.1 Å². The van der Waals surface area contributed by atoms with Gasteiger partial charge in [-0.05, 0) is 45.3 Å². The molecule has 1 atom stereocenters. The van der Waals surface area contributed by atoms with E-state index in [-0.39, 0.29) is 6.10 Å². The van der Waals surface area contributed by atoms with Gasteiger partial charge in [0.1, 0.15) is 0 Å².